The molecular weight excluding hydrogens is 264 g/mol. The van der Waals surface area contributed by atoms with Crippen LogP contribution >= 0.6 is 0 Å². The van der Waals surface area contributed by atoms with Crippen LogP contribution in [0.3, 0.4) is 0 Å². The van der Waals surface area contributed by atoms with Crippen LogP contribution in [0.5, 0.6) is 0 Å². The monoisotopic (exact) mass is 272 g/mol. The van der Waals surface area contributed by atoms with Gasteiger partial charge in [0, 0.05) is 20.2 Å². The predicted octanol–water partition coefficient (Wildman–Crippen LogP) is 0.381. The van der Waals surface area contributed by atoms with Gasteiger partial charge in [0.25, 0.3) is 0 Å². The Morgan fingerprint density at radius 1 is 1.28 bits per heavy atom. The normalized spacial score (nSPS) is 12.2. The van der Waals surface area contributed by atoms with Crippen LogP contribution in [0, 0.1) is 10.1 Å². The van der Waals surface area contributed by atoms with E-state index in [0.717, 1.165) is 16.4 Å². The van der Waals surface area contributed by atoms with Crippen LogP contribution in [0.25, 0.3) is 11.0 Å². The molecule has 0 atom stereocenters. The smallest absolute Gasteiger partial charge is 0.258 e. The van der Waals surface area contributed by atoms with E-state index in [1.807, 2.05) is 0 Å². The fourth-order valence-electron chi connectivity index (χ4n) is 1.38. The summed E-state index contributed by atoms with van der Waals surface area (Å²) in [5.41, 5.74) is -0.704. The summed E-state index contributed by atoms with van der Waals surface area (Å²) >= 11 is 0. The van der Waals surface area contributed by atoms with Gasteiger partial charge in [-0.2, -0.15) is 0 Å². The summed E-state index contributed by atoms with van der Waals surface area (Å²) in [6.45, 7) is 0. The molecule has 0 radical (unpaired) electrons. The van der Waals surface area contributed by atoms with Gasteiger partial charge in [-0.15, -0.1) is 0 Å². The third-order valence-corrected chi connectivity index (χ3v) is 4.16. The zero-order chi connectivity index (χ0) is 13.5. The molecular formula is C8H8N4O5S. The summed E-state index contributed by atoms with van der Waals surface area (Å²) in [6.07, 6.45) is 0. The highest BCUT2D eigenvalue weighted by molar-refractivity contribution is 7.89. The molecule has 18 heavy (non-hydrogen) atoms. The zero-order valence-corrected chi connectivity index (χ0v) is 10.2. The lowest BCUT2D eigenvalue weighted by molar-refractivity contribution is -0.383. The number of rotatable bonds is 3. The number of sulfonamides is 1. The highest BCUT2D eigenvalue weighted by Crippen LogP contribution is 2.29. The molecule has 10 heteroatoms. The average molecular weight is 272 g/mol. The second-order valence-electron chi connectivity index (χ2n) is 3.59. The van der Waals surface area contributed by atoms with Gasteiger partial charge in [0.1, 0.15) is 4.90 Å². The molecule has 0 bridgehead atoms. The summed E-state index contributed by atoms with van der Waals surface area (Å²) in [7, 11) is -1.08. The molecule has 0 amide bonds. The van der Waals surface area contributed by atoms with Crippen molar-refractivity contribution in [3.8, 4) is 0 Å². The molecule has 2 rings (SSSR count). The lowest BCUT2D eigenvalue weighted by Crippen LogP contribution is -2.22. The first-order valence-corrected chi connectivity index (χ1v) is 6.12. The molecule has 0 fully saturated rings. The molecule has 1 aromatic carbocycles. The Hall–Kier alpha value is -2.07. The fraction of sp³-hybridized carbons (Fsp3) is 0.250. The molecule has 2 aromatic rings. The van der Waals surface area contributed by atoms with Crippen LogP contribution in [0.4, 0.5) is 5.69 Å². The van der Waals surface area contributed by atoms with E-state index in [9.17, 15) is 18.5 Å². The number of fused-ring (bicyclic) bond motifs is 1. The summed E-state index contributed by atoms with van der Waals surface area (Å²) in [4.78, 5) is 9.88. The molecule has 1 aromatic heterocycles. The van der Waals surface area contributed by atoms with Crippen molar-refractivity contribution in [2.45, 2.75) is 4.90 Å². The lowest BCUT2D eigenvalue weighted by Gasteiger charge is -2.10. The summed E-state index contributed by atoms with van der Waals surface area (Å²) in [5, 5.41) is 17.5. The second kappa shape index (κ2) is 3.99. The molecule has 0 N–H and O–H groups in total. The molecule has 0 aliphatic heterocycles. The van der Waals surface area contributed by atoms with Crippen LogP contribution in [-0.2, 0) is 10.0 Å². The summed E-state index contributed by atoms with van der Waals surface area (Å²) in [6, 6.07) is 2.17. The Kier molecular flexibility index (Phi) is 2.75. The number of benzene rings is 1. The fourth-order valence-corrected chi connectivity index (χ4v) is 2.39. The third-order valence-electron chi connectivity index (χ3n) is 2.31. The van der Waals surface area contributed by atoms with Gasteiger partial charge in [-0.05, 0) is 16.4 Å². The van der Waals surface area contributed by atoms with Gasteiger partial charge in [-0.3, -0.25) is 10.1 Å². The van der Waals surface area contributed by atoms with E-state index in [4.69, 9.17) is 0 Å². The SMILES string of the molecule is CN(C)S(=O)(=O)c1ccc([N+](=O)[O-])c2nonc12. The number of aromatic nitrogens is 2. The average Bonchev–Trinajstić information content (AvgIpc) is 2.75. The van der Waals surface area contributed by atoms with Crippen LogP contribution in [0.15, 0.2) is 21.7 Å². The number of nitrogens with zero attached hydrogens (tertiary/aromatic N) is 4. The van der Waals surface area contributed by atoms with Gasteiger partial charge >= 0.3 is 5.69 Å². The molecule has 0 spiro atoms. The van der Waals surface area contributed by atoms with E-state index in [-0.39, 0.29) is 21.6 Å². The van der Waals surface area contributed by atoms with E-state index in [0.29, 0.717) is 0 Å². The van der Waals surface area contributed by atoms with Crippen LogP contribution < -0.4 is 0 Å². The number of hydrogen-bond acceptors (Lipinski definition) is 7. The molecule has 9 nitrogen and oxygen atoms in total. The quantitative estimate of drug-likeness (QED) is 0.585. The van der Waals surface area contributed by atoms with Crippen LogP contribution in [0.1, 0.15) is 0 Å². The maximum absolute atomic E-state index is 12.0. The van der Waals surface area contributed by atoms with Gasteiger partial charge < -0.3 is 0 Å². The highest BCUT2D eigenvalue weighted by Gasteiger charge is 2.27. The van der Waals surface area contributed by atoms with Crippen LogP contribution in [0.2, 0.25) is 0 Å². The number of nitro benzene ring substituents is 1. The van der Waals surface area contributed by atoms with Crippen molar-refractivity contribution in [2.24, 2.45) is 0 Å². The summed E-state index contributed by atoms with van der Waals surface area (Å²) in [5.74, 6) is 0. The molecule has 0 aliphatic carbocycles. The van der Waals surface area contributed by atoms with Gasteiger partial charge in [-0.25, -0.2) is 17.4 Å². The highest BCUT2D eigenvalue weighted by atomic mass is 32.2. The Labute approximate surface area is 101 Å². The van der Waals surface area contributed by atoms with Crippen molar-refractivity contribution in [1.82, 2.24) is 14.6 Å². The topological polar surface area (TPSA) is 119 Å². The molecule has 0 saturated carbocycles. The first-order valence-electron chi connectivity index (χ1n) is 4.68. The molecule has 0 aliphatic rings. The van der Waals surface area contributed by atoms with E-state index >= 15 is 0 Å². The first kappa shape index (κ1) is 12.4. The lowest BCUT2D eigenvalue weighted by atomic mass is 10.3. The van der Waals surface area contributed by atoms with Crippen molar-refractivity contribution in [3.05, 3.63) is 22.2 Å². The van der Waals surface area contributed by atoms with Crippen molar-refractivity contribution in [1.29, 1.82) is 0 Å². The molecule has 0 saturated heterocycles. The number of non-ortho nitro benzene ring substituents is 1. The van der Waals surface area contributed by atoms with Gasteiger partial charge in [0.05, 0.1) is 4.92 Å². The molecule has 0 unspecified atom stereocenters. The maximum atomic E-state index is 12.0. The van der Waals surface area contributed by atoms with Crippen molar-refractivity contribution in [2.75, 3.05) is 14.1 Å². The second-order valence-corrected chi connectivity index (χ2v) is 5.71. The van der Waals surface area contributed by atoms with Crippen molar-refractivity contribution >= 4 is 26.7 Å². The first-order chi connectivity index (χ1) is 8.35. The molecule has 96 valence electrons. The molecule has 1 heterocycles. The van der Waals surface area contributed by atoms with Crippen molar-refractivity contribution < 1.29 is 18.0 Å². The van der Waals surface area contributed by atoms with E-state index in [1.54, 1.807) is 0 Å². The standard InChI is InChI=1S/C8H8N4O5S/c1-11(2)18(15,16)6-4-3-5(12(13)14)7-8(6)10-17-9-7/h3-4H,1-2H3. The largest absolute Gasteiger partial charge is 0.300 e. The van der Waals surface area contributed by atoms with E-state index in [1.165, 1.54) is 14.1 Å². The van der Waals surface area contributed by atoms with E-state index < -0.39 is 14.9 Å². The number of hydrogen-bond donors (Lipinski definition) is 0. The number of nitro groups is 1. The van der Waals surface area contributed by atoms with Gasteiger partial charge in [0.2, 0.25) is 15.5 Å². The maximum Gasteiger partial charge on any atom is 0.300 e. The Morgan fingerprint density at radius 2 is 1.89 bits per heavy atom. The van der Waals surface area contributed by atoms with Crippen LogP contribution in [-0.4, -0.2) is 42.1 Å². The predicted molar refractivity (Wildman–Crippen MR) is 59.3 cm³/mol. The van der Waals surface area contributed by atoms with Gasteiger partial charge in [0.15, 0.2) is 5.52 Å². The minimum Gasteiger partial charge on any atom is -0.258 e. The van der Waals surface area contributed by atoms with E-state index in [2.05, 4.69) is 14.9 Å². The Bertz CT molecular complexity index is 720. The minimum absolute atomic E-state index is 0.155. The Morgan fingerprint density at radius 3 is 2.44 bits per heavy atom. The van der Waals surface area contributed by atoms with Crippen molar-refractivity contribution in [3.63, 3.8) is 0 Å². The third kappa shape index (κ3) is 1.71. The summed E-state index contributed by atoms with van der Waals surface area (Å²) < 4.78 is 29.3. The van der Waals surface area contributed by atoms with Gasteiger partial charge in [-0.1, -0.05) is 0 Å². The Balaban J connectivity index is 2.81. The zero-order valence-electron chi connectivity index (χ0n) is 9.39. The minimum atomic E-state index is -3.77.